The fourth-order valence-electron chi connectivity index (χ4n) is 4.01. The second-order valence-electron chi connectivity index (χ2n) is 9.34. The maximum atomic E-state index is 12.5. The molecule has 0 spiro atoms. The lowest BCUT2D eigenvalue weighted by atomic mass is 9.92. The number of ether oxygens (including phenoxy) is 1. The molecule has 0 bridgehead atoms. The van der Waals surface area contributed by atoms with Crippen molar-refractivity contribution in [3.05, 3.63) is 40.2 Å². The molecule has 0 aromatic carbocycles. The third kappa shape index (κ3) is 4.93. The molecule has 2 aliphatic heterocycles. The summed E-state index contributed by atoms with van der Waals surface area (Å²) in [5.41, 5.74) is 0.781. The van der Waals surface area contributed by atoms with Gasteiger partial charge in [-0.2, -0.15) is 4.98 Å². The van der Waals surface area contributed by atoms with Crippen LogP contribution in [0.2, 0.25) is 0 Å². The highest BCUT2D eigenvalue weighted by Crippen LogP contribution is 2.25. The molecule has 2 aromatic heterocycles. The molecule has 4 rings (SSSR count). The van der Waals surface area contributed by atoms with Gasteiger partial charge in [-0.25, -0.2) is 4.98 Å². The second-order valence-corrected chi connectivity index (χ2v) is 9.34. The minimum absolute atomic E-state index is 0.0440. The molecule has 2 aliphatic rings. The van der Waals surface area contributed by atoms with Crippen molar-refractivity contribution in [2.24, 2.45) is 5.92 Å². The molecule has 2 fully saturated rings. The zero-order valence-corrected chi connectivity index (χ0v) is 17.6. The van der Waals surface area contributed by atoms with E-state index in [1.165, 1.54) is 0 Å². The average Bonchev–Trinajstić information content (AvgIpc) is 3.36. The van der Waals surface area contributed by atoms with Crippen LogP contribution >= 0.6 is 0 Å². The van der Waals surface area contributed by atoms with Gasteiger partial charge in [-0.1, -0.05) is 25.9 Å². The highest BCUT2D eigenvalue weighted by molar-refractivity contribution is 5.10. The Morgan fingerprint density at radius 3 is 2.66 bits per heavy atom. The van der Waals surface area contributed by atoms with Gasteiger partial charge in [0.05, 0.1) is 31.1 Å². The van der Waals surface area contributed by atoms with Crippen LogP contribution in [0, 0.1) is 5.92 Å². The number of aromatic nitrogens is 4. The summed E-state index contributed by atoms with van der Waals surface area (Å²) in [7, 11) is 0. The molecule has 2 aromatic rings. The van der Waals surface area contributed by atoms with Crippen LogP contribution < -0.4 is 5.56 Å². The van der Waals surface area contributed by atoms with Gasteiger partial charge in [-0.15, -0.1) is 0 Å². The van der Waals surface area contributed by atoms with Gasteiger partial charge in [-0.3, -0.25) is 14.3 Å². The molecule has 8 nitrogen and oxygen atoms in total. The quantitative estimate of drug-likeness (QED) is 0.760. The fraction of sp³-hybridized carbons (Fsp3) is 0.714. The van der Waals surface area contributed by atoms with E-state index in [9.17, 15) is 4.79 Å². The lowest BCUT2D eigenvalue weighted by molar-refractivity contribution is 0.161. The first-order valence-corrected chi connectivity index (χ1v) is 10.6. The number of likely N-dealkylation sites (tertiary alicyclic amines) is 1. The van der Waals surface area contributed by atoms with Crippen molar-refractivity contribution in [2.45, 2.75) is 64.5 Å². The molecule has 4 heterocycles. The van der Waals surface area contributed by atoms with Gasteiger partial charge >= 0.3 is 0 Å². The predicted molar refractivity (Wildman–Crippen MR) is 108 cm³/mol. The molecule has 0 aliphatic carbocycles. The molecule has 8 heteroatoms. The van der Waals surface area contributed by atoms with Crippen molar-refractivity contribution in [1.29, 1.82) is 0 Å². The zero-order chi connectivity index (χ0) is 20.4. The first-order valence-electron chi connectivity index (χ1n) is 10.6. The number of hydrogen-bond acceptors (Lipinski definition) is 7. The average molecular weight is 402 g/mol. The van der Waals surface area contributed by atoms with Crippen molar-refractivity contribution in [1.82, 2.24) is 24.6 Å². The van der Waals surface area contributed by atoms with Crippen LogP contribution in [0.1, 0.15) is 63.4 Å². The summed E-state index contributed by atoms with van der Waals surface area (Å²) in [5, 5.41) is 4.14. The number of hydrogen-bond donors (Lipinski definition) is 0. The normalized spacial score (nSPS) is 21.7. The standard InChI is InChI=1S/C21H31N5O3/c1-21(2,3)17-10-19(27)26(14-22-17)11-15-4-7-25(8-5-15)12-18-23-20(29-24-18)16-6-9-28-13-16/h10,14-16H,4-9,11-13H2,1-3H3. The largest absolute Gasteiger partial charge is 0.381 e. The van der Waals surface area contributed by atoms with Gasteiger partial charge in [0, 0.05) is 24.6 Å². The summed E-state index contributed by atoms with van der Waals surface area (Å²) < 4.78 is 12.6. The summed E-state index contributed by atoms with van der Waals surface area (Å²) in [6.45, 7) is 11.1. The molecule has 1 atom stereocenters. The third-order valence-electron chi connectivity index (χ3n) is 5.94. The minimum Gasteiger partial charge on any atom is -0.381 e. The SMILES string of the molecule is CC(C)(C)c1cc(=O)n(CC2CCN(Cc3noc(C4CCOC4)n3)CC2)cn1. The van der Waals surface area contributed by atoms with Gasteiger partial charge in [0.25, 0.3) is 5.56 Å². The smallest absolute Gasteiger partial charge is 0.253 e. The van der Waals surface area contributed by atoms with E-state index in [0.29, 0.717) is 25.0 Å². The third-order valence-corrected chi connectivity index (χ3v) is 5.94. The molecular formula is C21H31N5O3. The van der Waals surface area contributed by atoms with Crippen molar-refractivity contribution in [2.75, 3.05) is 26.3 Å². The summed E-state index contributed by atoms with van der Waals surface area (Å²) in [6, 6.07) is 1.68. The lowest BCUT2D eigenvalue weighted by Gasteiger charge is -2.31. The summed E-state index contributed by atoms with van der Waals surface area (Å²) in [4.78, 5) is 23.9. The Morgan fingerprint density at radius 2 is 2.00 bits per heavy atom. The molecule has 2 saturated heterocycles. The summed E-state index contributed by atoms with van der Waals surface area (Å²) in [6.07, 6.45) is 4.77. The van der Waals surface area contributed by atoms with Gasteiger partial charge in [0.2, 0.25) is 5.89 Å². The van der Waals surface area contributed by atoms with E-state index >= 15 is 0 Å². The van der Waals surface area contributed by atoms with Crippen LogP contribution in [-0.2, 0) is 23.2 Å². The fourth-order valence-corrected chi connectivity index (χ4v) is 4.01. The van der Waals surface area contributed by atoms with E-state index in [1.54, 1.807) is 17.0 Å². The molecule has 0 saturated carbocycles. The Hall–Kier alpha value is -2.06. The van der Waals surface area contributed by atoms with Gasteiger partial charge in [0.1, 0.15) is 0 Å². The van der Waals surface area contributed by atoms with E-state index < -0.39 is 0 Å². The van der Waals surface area contributed by atoms with Crippen molar-refractivity contribution >= 4 is 0 Å². The van der Waals surface area contributed by atoms with Gasteiger partial charge in [-0.05, 0) is 38.3 Å². The molecule has 0 amide bonds. The van der Waals surface area contributed by atoms with Gasteiger partial charge < -0.3 is 9.26 Å². The Bertz CT molecular complexity index is 871. The summed E-state index contributed by atoms with van der Waals surface area (Å²) >= 11 is 0. The van der Waals surface area contributed by atoms with Crippen LogP contribution in [0.15, 0.2) is 21.7 Å². The second kappa shape index (κ2) is 8.36. The highest BCUT2D eigenvalue weighted by atomic mass is 16.5. The molecule has 1 unspecified atom stereocenters. The van der Waals surface area contributed by atoms with Crippen LogP contribution in [0.3, 0.4) is 0 Å². The number of piperidine rings is 1. The predicted octanol–water partition coefficient (Wildman–Crippen LogP) is 2.34. The molecular weight excluding hydrogens is 370 g/mol. The van der Waals surface area contributed by atoms with Gasteiger partial charge in [0.15, 0.2) is 5.82 Å². The van der Waals surface area contributed by atoms with E-state index in [-0.39, 0.29) is 16.9 Å². The Balaban J connectivity index is 1.28. The van der Waals surface area contributed by atoms with E-state index in [0.717, 1.165) is 57.0 Å². The Labute approximate surface area is 171 Å². The van der Waals surface area contributed by atoms with E-state index in [2.05, 4.69) is 40.8 Å². The summed E-state index contributed by atoms with van der Waals surface area (Å²) in [5.74, 6) is 2.20. The first kappa shape index (κ1) is 20.2. The zero-order valence-electron chi connectivity index (χ0n) is 17.6. The van der Waals surface area contributed by atoms with E-state index in [4.69, 9.17) is 9.26 Å². The maximum Gasteiger partial charge on any atom is 0.253 e. The topological polar surface area (TPSA) is 86.3 Å². The molecule has 0 radical (unpaired) electrons. The van der Waals surface area contributed by atoms with Crippen molar-refractivity contribution < 1.29 is 9.26 Å². The Kier molecular flexibility index (Phi) is 5.83. The first-order chi connectivity index (χ1) is 13.9. The number of rotatable bonds is 5. The highest BCUT2D eigenvalue weighted by Gasteiger charge is 2.26. The maximum absolute atomic E-state index is 12.5. The number of nitrogens with zero attached hydrogens (tertiary/aromatic N) is 5. The molecule has 158 valence electrons. The minimum atomic E-state index is -0.108. The van der Waals surface area contributed by atoms with Crippen LogP contribution in [0.25, 0.3) is 0 Å². The van der Waals surface area contributed by atoms with Crippen LogP contribution in [-0.4, -0.2) is 50.9 Å². The molecule has 29 heavy (non-hydrogen) atoms. The van der Waals surface area contributed by atoms with Crippen molar-refractivity contribution in [3.63, 3.8) is 0 Å². The molecule has 0 N–H and O–H groups in total. The van der Waals surface area contributed by atoms with Crippen LogP contribution in [0.4, 0.5) is 0 Å². The lowest BCUT2D eigenvalue weighted by Crippen LogP contribution is -2.36. The Morgan fingerprint density at radius 1 is 1.21 bits per heavy atom. The van der Waals surface area contributed by atoms with Crippen LogP contribution in [0.5, 0.6) is 0 Å². The monoisotopic (exact) mass is 401 g/mol. The van der Waals surface area contributed by atoms with Crippen molar-refractivity contribution in [3.8, 4) is 0 Å². The van der Waals surface area contributed by atoms with E-state index in [1.807, 2.05) is 0 Å².